The lowest BCUT2D eigenvalue weighted by atomic mass is 10.1. The summed E-state index contributed by atoms with van der Waals surface area (Å²) in [6, 6.07) is 13.6. The van der Waals surface area contributed by atoms with Gasteiger partial charge in [-0.15, -0.1) is 0 Å². The number of amides is 1. The molecule has 0 saturated carbocycles. The number of thioether (sulfide) groups is 1. The molecule has 0 unspecified atom stereocenters. The van der Waals surface area contributed by atoms with Crippen molar-refractivity contribution in [3.05, 3.63) is 57.4 Å². The predicted octanol–water partition coefficient (Wildman–Crippen LogP) is 5.62. The lowest BCUT2D eigenvalue weighted by molar-refractivity contribution is -0.142. The Kier molecular flexibility index (Phi) is 8.51. The van der Waals surface area contributed by atoms with Crippen molar-refractivity contribution in [3.63, 3.8) is 0 Å². The second-order valence-electron chi connectivity index (χ2n) is 8.17. The maximum absolute atomic E-state index is 13.1. The highest BCUT2D eigenvalue weighted by Crippen LogP contribution is 2.36. The van der Waals surface area contributed by atoms with Crippen molar-refractivity contribution >= 4 is 62.2 Å². The molecular weight excluding hydrogens is 530 g/mol. The van der Waals surface area contributed by atoms with Gasteiger partial charge in [-0.3, -0.25) is 9.69 Å². The molecule has 184 valence electrons. The summed E-state index contributed by atoms with van der Waals surface area (Å²) in [7, 11) is 1.31. The van der Waals surface area contributed by atoms with Crippen LogP contribution in [0.2, 0.25) is 0 Å². The lowest BCUT2D eigenvalue weighted by Gasteiger charge is -2.28. The molecule has 0 bridgehead atoms. The first-order chi connectivity index (χ1) is 17.0. The summed E-state index contributed by atoms with van der Waals surface area (Å²) in [6.07, 6.45) is 5.54. The standard InChI is InChI=1S/C26H28BrN3O4S/c1-3-30-25(32)23(16-18-15-19(27)7-12-22(18)34-17-24(31)33-2)35-26(30)28-20-8-10-21(11-9-20)29-13-5-4-6-14-29/h7-12,15-16H,3-6,13-14,17H2,1-2H3/b23-16-,28-26?. The van der Waals surface area contributed by atoms with Gasteiger partial charge in [0.15, 0.2) is 11.8 Å². The van der Waals surface area contributed by atoms with E-state index in [4.69, 9.17) is 9.73 Å². The van der Waals surface area contributed by atoms with E-state index < -0.39 is 5.97 Å². The smallest absolute Gasteiger partial charge is 0.343 e. The average molecular weight is 558 g/mol. The molecule has 2 aromatic carbocycles. The molecule has 0 N–H and O–H groups in total. The number of nitrogens with zero attached hydrogens (tertiary/aromatic N) is 3. The van der Waals surface area contributed by atoms with Crippen molar-refractivity contribution in [2.45, 2.75) is 26.2 Å². The normalized spacial score (nSPS) is 18.4. The Hall–Kier alpha value is -2.78. The van der Waals surface area contributed by atoms with E-state index in [9.17, 15) is 9.59 Å². The first-order valence-electron chi connectivity index (χ1n) is 11.6. The number of methoxy groups -OCH3 is 1. The van der Waals surface area contributed by atoms with Crippen LogP contribution < -0.4 is 9.64 Å². The number of hydrogen-bond acceptors (Lipinski definition) is 7. The molecule has 2 heterocycles. The van der Waals surface area contributed by atoms with Crippen molar-refractivity contribution in [2.24, 2.45) is 4.99 Å². The number of esters is 1. The fourth-order valence-corrected chi connectivity index (χ4v) is 5.40. The lowest BCUT2D eigenvalue weighted by Crippen LogP contribution is -2.29. The molecule has 0 spiro atoms. The van der Waals surface area contributed by atoms with Crippen molar-refractivity contribution < 1.29 is 19.1 Å². The number of aliphatic imine (C=N–C) groups is 1. The largest absolute Gasteiger partial charge is 0.481 e. The minimum atomic E-state index is -0.476. The van der Waals surface area contributed by atoms with Crippen LogP contribution in [0.5, 0.6) is 5.75 Å². The van der Waals surface area contributed by atoms with E-state index in [1.54, 1.807) is 17.0 Å². The van der Waals surface area contributed by atoms with E-state index in [1.165, 1.54) is 43.8 Å². The summed E-state index contributed by atoms with van der Waals surface area (Å²) in [6.45, 7) is 4.42. The number of amidine groups is 1. The number of ether oxygens (including phenoxy) is 2. The van der Waals surface area contributed by atoms with Gasteiger partial charge in [0.1, 0.15) is 5.75 Å². The van der Waals surface area contributed by atoms with Gasteiger partial charge in [0.25, 0.3) is 5.91 Å². The average Bonchev–Trinajstić information content (AvgIpc) is 3.17. The van der Waals surface area contributed by atoms with Crippen molar-refractivity contribution in [2.75, 3.05) is 38.3 Å². The molecule has 2 aliphatic rings. The van der Waals surface area contributed by atoms with Gasteiger partial charge in [-0.05, 0) is 86.5 Å². The zero-order valence-electron chi connectivity index (χ0n) is 19.8. The van der Waals surface area contributed by atoms with E-state index in [2.05, 4.69) is 37.7 Å². The zero-order valence-corrected chi connectivity index (χ0v) is 22.2. The number of carbonyl (C=O) groups is 2. The van der Waals surface area contributed by atoms with Crippen LogP contribution in [0.25, 0.3) is 6.08 Å². The van der Waals surface area contributed by atoms with Crippen molar-refractivity contribution in [3.8, 4) is 5.75 Å². The number of benzene rings is 2. The number of likely N-dealkylation sites (N-methyl/N-ethyl adjacent to an activating group) is 1. The molecule has 1 amide bonds. The third kappa shape index (κ3) is 6.27. The zero-order chi connectivity index (χ0) is 24.8. The van der Waals surface area contributed by atoms with Crippen molar-refractivity contribution in [1.82, 2.24) is 4.90 Å². The third-order valence-electron chi connectivity index (χ3n) is 5.83. The van der Waals surface area contributed by atoms with Gasteiger partial charge in [-0.1, -0.05) is 15.9 Å². The molecule has 0 aromatic heterocycles. The van der Waals surface area contributed by atoms with E-state index in [0.717, 1.165) is 23.2 Å². The highest BCUT2D eigenvalue weighted by atomic mass is 79.9. The Bertz CT molecular complexity index is 1140. The number of halogens is 1. The molecule has 0 radical (unpaired) electrons. The van der Waals surface area contributed by atoms with E-state index in [0.29, 0.717) is 27.9 Å². The molecule has 7 nitrogen and oxygen atoms in total. The van der Waals surface area contributed by atoms with Gasteiger partial charge in [0, 0.05) is 35.4 Å². The van der Waals surface area contributed by atoms with Crippen LogP contribution in [-0.2, 0) is 14.3 Å². The van der Waals surface area contributed by atoms with Crippen LogP contribution in [-0.4, -0.2) is 55.3 Å². The molecule has 2 saturated heterocycles. The summed E-state index contributed by atoms with van der Waals surface area (Å²) < 4.78 is 11.1. The quantitative estimate of drug-likeness (QED) is 0.325. The molecule has 2 fully saturated rings. The first kappa shape index (κ1) is 25.3. The van der Waals surface area contributed by atoms with Crippen LogP contribution in [0, 0.1) is 0 Å². The number of hydrogen-bond donors (Lipinski definition) is 0. The fraction of sp³-hybridized carbons (Fsp3) is 0.346. The van der Waals surface area contributed by atoms with E-state index in [-0.39, 0.29) is 12.5 Å². The molecule has 35 heavy (non-hydrogen) atoms. The topological polar surface area (TPSA) is 71.4 Å². The summed E-state index contributed by atoms with van der Waals surface area (Å²) in [5.41, 5.74) is 2.71. The molecule has 0 atom stereocenters. The Morgan fingerprint density at radius 1 is 1.14 bits per heavy atom. The SMILES string of the molecule is CCN1C(=O)/C(=C/c2cc(Br)ccc2OCC(=O)OC)SC1=Nc1ccc(N2CCCCC2)cc1. The van der Waals surface area contributed by atoms with Crippen LogP contribution in [0.1, 0.15) is 31.7 Å². The van der Waals surface area contributed by atoms with Crippen LogP contribution in [0.15, 0.2) is 56.8 Å². The summed E-state index contributed by atoms with van der Waals surface area (Å²) >= 11 is 4.80. The fourth-order valence-electron chi connectivity index (χ4n) is 3.97. The summed E-state index contributed by atoms with van der Waals surface area (Å²) in [4.78, 5) is 34.0. The van der Waals surface area contributed by atoms with Crippen molar-refractivity contribution in [1.29, 1.82) is 0 Å². The number of carbonyl (C=O) groups excluding carboxylic acids is 2. The Morgan fingerprint density at radius 2 is 1.89 bits per heavy atom. The van der Waals surface area contributed by atoms with Gasteiger partial charge < -0.3 is 14.4 Å². The minimum Gasteiger partial charge on any atom is -0.481 e. The van der Waals surface area contributed by atoms with Gasteiger partial charge in [0.2, 0.25) is 0 Å². The first-order valence-corrected chi connectivity index (χ1v) is 13.2. The Balaban J connectivity index is 1.56. The van der Waals surface area contributed by atoms with Gasteiger partial charge in [0.05, 0.1) is 17.7 Å². The molecule has 2 aromatic rings. The maximum Gasteiger partial charge on any atom is 0.343 e. The van der Waals surface area contributed by atoms with Gasteiger partial charge in [-0.25, -0.2) is 9.79 Å². The molecule has 9 heteroatoms. The summed E-state index contributed by atoms with van der Waals surface area (Å²) in [5.74, 6) is -0.1000. The molecule has 2 aliphatic heterocycles. The van der Waals surface area contributed by atoms with Crippen LogP contribution in [0.3, 0.4) is 0 Å². The van der Waals surface area contributed by atoms with E-state index in [1.807, 2.05) is 31.2 Å². The van der Waals surface area contributed by atoms with Crippen LogP contribution in [0.4, 0.5) is 11.4 Å². The minimum absolute atomic E-state index is 0.111. The second kappa shape index (κ2) is 11.8. The monoisotopic (exact) mass is 557 g/mol. The number of anilines is 1. The second-order valence-corrected chi connectivity index (χ2v) is 10.1. The predicted molar refractivity (Wildman–Crippen MR) is 144 cm³/mol. The highest BCUT2D eigenvalue weighted by molar-refractivity contribution is 9.10. The molecular formula is C26H28BrN3O4S. The van der Waals surface area contributed by atoms with Gasteiger partial charge in [-0.2, -0.15) is 0 Å². The van der Waals surface area contributed by atoms with Crippen LogP contribution >= 0.6 is 27.7 Å². The molecule has 0 aliphatic carbocycles. The Labute approximate surface area is 218 Å². The summed E-state index contributed by atoms with van der Waals surface area (Å²) in [5, 5.41) is 0.640. The van der Waals surface area contributed by atoms with Gasteiger partial charge >= 0.3 is 5.97 Å². The highest BCUT2D eigenvalue weighted by Gasteiger charge is 2.32. The van der Waals surface area contributed by atoms with E-state index >= 15 is 0 Å². The third-order valence-corrected chi connectivity index (χ3v) is 7.33. The number of rotatable bonds is 7. The maximum atomic E-state index is 13.1. The molecule has 4 rings (SSSR count). The Morgan fingerprint density at radius 3 is 2.57 bits per heavy atom. The number of piperidine rings is 1.